The topological polar surface area (TPSA) is 9.23 Å². The standard InChI is InChI=1S/C14H13F2OP/c1-2-17-18(13-9-5-3-7-11(13)15)14-10-6-4-8-12(14)16/h3-10H,2H2,1H3. The molecule has 0 saturated carbocycles. The van der Waals surface area contributed by atoms with Crippen molar-refractivity contribution >= 4 is 18.8 Å². The average molecular weight is 266 g/mol. The van der Waals surface area contributed by atoms with Crippen LogP contribution >= 0.6 is 8.15 Å². The van der Waals surface area contributed by atoms with E-state index in [-0.39, 0.29) is 11.6 Å². The molecule has 0 aliphatic carbocycles. The molecule has 94 valence electrons. The van der Waals surface area contributed by atoms with Crippen LogP contribution in [0.15, 0.2) is 48.5 Å². The SMILES string of the molecule is CCOP(c1ccccc1F)c1ccccc1F. The van der Waals surface area contributed by atoms with Crippen molar-refractivity contribution < 1.29 is 13.3 Å². The zero-order valence-corrected chi connectivity index (χ0v) is 10.8. The number of hydrogen-bond acceptors (Lipinski definition) is 1. The number of benzene rings is 2. The Morgan fingerprint density at radius 3 is 1.72 bits per heavy atom. The molecule has 0 N–H and O–H groups in total. The highest BCUT2D eigenvalue weighted by Crippen LogP contribution is 2.36. The maximum absolute atomic E-state index is 13.8. The summed E-state index contributed by atoms with van der Waals surface area (Å²) in [4.78, 5) is 0. The largest absolute Gasteiger partial charge is 0.350 e. The van der Waals surface area contributed by atoms with E-state index >= 15 is 0 Å². The Balaban J connectivity index is 2.47. The third-order valence-electron chi connectivity index (χ3n) is 2.40. The molecule has 2 aromatic rings. The molecule has 4 heteroatoms. The van der Waals surface area contributed by atoms with Crippen LogP contribution in [-0.2, 0) is 4.52 Å². The second-order valence-corrected chi connectivity index (χ2v) is 5.43. The highest BCUT2D eigenvalue weighted by molar-refractivity contribution is 7.68. The fourth-order valence-electron chi connectivity index (χ4n) is 1.63. The summed E-state index contributed by atoms with van der Waals surface area (Å²) in [5.74, 6) is -0.722. The molecule has 18 heavy (non-hydrogen) atoms. The van der Waals surface area contributed by atoms with Gasteiger partial charge in [-0.25, -0.2) is 8.78 Å². The third kappa shape index (κ3) is 2.74. The predicted octanol–water partition coefficient (Wildman–Crippen LogP) is 3.35. The van der Waals surface area contributed by atoms with Crippen LogP contribution in [0.25, 0.3) is 0 Å². The summed E-state index contributed by atoms with van der Waals surface area (Å²) in [7, 11) is -1.44. The van der Waals surface area contributed by atoms with Gasteiger partial charge in [-0.15, -0.1) is 0 Å². The van der Waals surface area contributed by atoms with E-state index in [1.165, 1.54) is 12.1 Å². The molecule has 0 fully saturated rings. The highest BCUT2D eigenvalue weighted by atomic mass is 31.1. The van der Waals surface area contributed by atoms with Crippen LogP contribution in [0.5, 0.6) is 0 Å². The normalized spacial score (nSPS) is 10.9. The fourth-order valence-corrected chi connectivity index (χ4v) is 3.41. The average Bonchev–Trinajstić information content (AvgIpc) is 2.38. The van der Waals surface area contributed by atoms with Gasteiger partial charge in [0.2, 0.25) is 0 Å². The van der Waals surface area contributed by atoms with E-state index in [0.29, 0.717) is 17.2 Å². The van der Waals surface area contributed by atoms with Crippen LogP contribution in [0.2, 0.25) is 0 Å². The van der Waals surface area contributed by atoms with Crippen molar-refractivity contribution in [2.24, 2.45) is 0 Å². The summed E-state index contributed by atoms with van der Waals surface area (Å²) >= 11 is 0. The molecule has 0 heterocycles. The summed E-state index contributed by atoms with van der Waals surface area (Å²) in [6.07, 6.45) is 0. The van der Waals surface area contributed by atoms with E-state index < -0.39 is 8.15 Å². The number of rotatable bonds is 4. The van der Waals surface area contributed by atoms with Gasteiger partial charge >= 0.3 is 0 Å². The Bertz CT molecular complexity index is 485. The lowest BCUT2D eigenvalue weighted by Gasteiger charge is -2.18. The lowest BCUT2D eigenvalue weighted by atomic mass is 10.3. The van der Waals surface area contributed by atoms with Gasteiger partial charge in [-0.1, -0.05) is 24.3 Å². The third-order valence-corrected chi connectivity index (χ3v) is 4.52. The quantitative estimate of drug-likeness (QED) is 0.771. The van der Waals surface area contributed by atoms with Crippen molar-refractivity contribution in [3.05, 3.63) is 60.2 Å². The van der Waals surface area contributed by atoms with E-state index in [1.54, 1.807) is 36.4 Å². The number of halogens is 2. The van der Waals surface area contributed by atoms with E-state index in [9.17, 15) is 8.78 Å². The molecule has 0 aliphatic rings. The molecule has 0 saturated heterocycles. The van der Waals surface area contributed by atoms with E-state index in [0.717, 1.165) is 0 Å². The lowest BCUT2D eigenvalue weighted by molar-refractivity contribution is 0.386. The van der Waals surface area contributed by atoms with Crippen LogP contribution in [-0.4, -0.2) is 6.61 Å². The minimum absolute atomic E-state index is 0.361. The Hall–Kier alpha value is -1.31. The summed E-state index contributed by atoms with van der Waals surface area (Å²) in [5, 5.41) is 0.832. The van der Waals surface area contributed by atoms with Gasteiger partial charge in [0.1, 0.15) is 11.6 Å². The van der Waals surface area contributed by atoms with Gasteiger partial charge in [-0.3, -0.25) is 0 Å². The molecule has 0 bridgehead atoms. The maximum atomic E-state index is 13.8. The maximum Gasteiger partial charge on any atom is 0.133 e. The highest BCUT2D eigenvalue weighted by Gasteiger charge is 2.21. The van der Waals surface area contributed by atoms with Gasteiger partial charge in [-0.05, 0) is 31.2 Å². The Kier molecular flexibility index (Phi) is 4.40. The summed E-state index contributed by atoms with van der Waals surface area (Å²) in [6, 6.07) is 12.7. The second-order valence-electron chi connectivity index (χ2n) is 3.61. The van der Waals surface area contributed by atoms with Crippen molar-refractivity contribution in [1.29, 1.82) is 0 Å². The van der Waals surface area contributed by atoms with Crippen molar-refractivity contribution in [2.75, 3.05) is 6.61 Å². The van der Waals surface area contributed by atoms with Gasteiger partial charge in [0, 0.05) is 17.2 Å². The molecule has 0 aliphatic heterocycles. The Morgan fingerprint density at radius 1 is 0.889 bits per heavy atom. The Labute approximate surface area is 106 Å². The predicted molar refractivity (Wildman–Crippen MR) is 70.6 cm³/mol. The fraction of sp³-hybridized carbons (Fsp3) is 0.143. The molecule has 0 aromatic heterocycles. The van der Waals surface area contributed by atoms with Crippen LogP contribution in [0.4, 0.5) is 8.78 Å². The van der Waals surface area contributed by atoms with Crippen LogP contribution in [0.1, 0.15) is 6.92 Å². The lowest BCUT2D eigenvalue weighted by Crippen LogP contribution is -2.19. The summed E-state index contributed by atoms with van der Waals surface area (Å²) in [6.45, 7) is 2.23. The molecule has 1 nitrogen and oxygen atoms in total. The van der Waals surface area contributed by atoms with E-state index in [4.69, 9.17) is 4.52 Å². The van der Waals surface area contributed by atoms with Crippen LogP contribution in [0.3, 0.4) is 0 Å². The van der Waals surface area contributed by atoms with Crippen molar-refractivity contribution in [1.82, 2.24) is 0 Å². The first-order chi connectivity index (χ1) is 8.74. The molecule has 2 aromatic carbocycles. The number of hydrogen-bond donors (Lipinski definition) is 0. The monoisotopic (exact) mass is 266 g/mol. The molecule has 0 amide bonds. The first kappa shape index (κ1) is 13.1. The molecule has 0 spiro atoms. The Morgan fingerprint density at radius 2 is 1.33 bits per heavy atom. The van der Waals surface area contributed by atoms with Crippen molar-refractivity contribution in [3.63, 3.8) is 0 Å². The first-order valence-corrected chi connectivity index (χ1v) is 6.92. The minimum Gasteiger partial charge on any atom is -0.350 e. The van der Waals surface area contributed by atoms with Crippen LogP contribution in [0, 0.1) is 11.6 Å². The molecule has 0 atom stereocenters. The van der Waals surface area contributed by atoms with E-state index in [1.807, 2.05) is 6.92 Å². The zero-order valence-electron chi connectivity index (χ0n) is 9.94. The minimum atomic E-state index is -1.44. The molecule has 0 unspecified atom stereocenters. The summed E-state index contributed by atoms with van der Waals surface area (Å²) < 4.78 is 33.1. The first-order valence-electron chi connectivity index (χ1n) is 5.66. The molecule has 2 rings (SSSR count). The zero-order chi connectivity index (χ0) is 13.0. The molecular weight excluding hydrogens is 253 g/mol. The van der Waals surface area contributed by atoms with Gasteiger partial charge in [0.05, 0.1) is 8.15 Å². The summed E-state index contributed by atoms with van der Waals surface area (Å²) in [5.41, 5.74) is 0. The molecule has 0 radical (unpaired) electrons. The van der Waals surface area contributed by atoms with Gasteiger partial charge in [-0.2, -0.15) is 0 Å². The van der Waals surface area contributed by atoms with Gasteiger partial charge < -0.3 is 4.52 Å². The van der Waals surface area contributed by atoms with Crippen molar-refractivity contribution in [2.45, 2.75) is 6.92 Å². The van der Waals surface area contributed by atoms with Crippen molar-refractivity contribution in [3.8, 4) is 0 Å². The smallest absolute Gasteiger partial charge is 0.133 e. The van der Waals surface area contributed by atoms with Gasteiger partial charge in [0.15, 0.2) is 0 Å². The second kappa shape index (κ2) is 6.03. The van der Waals surface area contributed by atoms with Crippen LogP contribution < -0.4 is 10.6 Å². The van der Waals surface area contributed by atoms with E-state index in [2.05, 4.69) is 0 Å². The van der Waals surface area contributed by atoms with Gasteiger partial charge in [0.25, 0.3) is 0 Å². The molecular formula is C14H13F2OP.